The van der Waals surface area contributed by atoms with Gasteiger partial charge in [-0.15, -0.1) is 0 Å². The van der Waals surface area contributed by atoms with Crippen LogP contribution in [0.5, 0.6) is 0 Å². The van der Waals surface area contributed by atoms with Crippen molar-refractivity contribution in [1.29, 1.82) is 0 Å². The molecule has 10 heavy (non-hydrogen) atoms. The Kier molecular flexibility index (Phi) is 1.51. The second kappa shape index (κ2) is 2.36. The number of nitrogens with zero attached hydrogens (tertiary/aromatic N) is 1. The number of rotatable bonds is 0. The Morgan fingerprint density at radius 1 is 1.10 bits per heavy atom. The number of nitrogens with two attached hydrogens (primary N) is 1. The maximum Gasteiger partial charge on any atom is 0.0417 e. The summed E-state index contributed by atoms with van der Waals surface area (Å²) in [5.41, 5.74) is 0. The van der Waals surface area contributed by atoms with E-state index >= 15 is 0 Å². The van der Waals surface area contributed by atoms with Crippen LogP contribution in [0.25, 0.3) is 0 Å². The Labute approximate surface area is 61.7 Å². The van der Waals surface area contributed by atoms with E-state index in [9.17, 15) is 0 Å². The molecule has 0 aromatic heterocycles. The van der Waals surface area contributed by atoms with Crippen molar-refractivity contribution in [2.75, 3.05) is 0 Å². The molecule has 0 spiro atoms. The third-order valence-corrected chi connectivity index (χ3v) is 2.55. The Hall–Kier alpha value is -0.340. The summed E-state index contributed by atoms with van der Waals surface area (Å²) in [6, 6.07) is 1.43. The van der Waals surface area contributed by atoms with Crippen molar-refractivity contribution in [2.45, 2.75) is 37.8 Å². The standard InChI is InChI=1S/C8H14N2/c9-10-7-5-3-1-2-4-6-8(7)10/h1-2,7-8H,3-6,9H2/b2-1-. The summed E-state index contributed by atoms with van der Waals surface area (Å²) in [5.74, 6) is 5.72. The third-order valence-electron chi connectivity index (χ3n) is 2.55. The highest BCUT2D eigenvalue weighted by molar-refractivity contribution is 5.03. The average Bonchev–Trinajstić information content (AvgIpc) is 2.39. The van der Waals surface area contributed by atoms with E-state index in [0.717, 1.165) is 0 Å². The first kappa shape index (κ1) is 6.38. The summed E-state index contributed by atoms with van der Waals surface area (Å²) in [4.78, 5) is 0. The van der Waals surface area contributed by atoms with Crippen LogP contribution in [0.15, 0.2) is 12.2 Å². The number of hydrogen-bond acceptors (Lipinski definition) is 2. The van der Waals surface area contributed by atoms with E-state index in [-0.39, 0.29) is 0 Å². The fraction of sp³-hybridized carbons (Fsp3) is 0.750. The summed E-state index contributed by atoms with van der Waals surface area (Å²) in [6.45, 7) is 0. The molecule has 0 radical (unpaired) electrons. The minimum absolute atomic E-state index is 0.713. The number of hydrazine groups is 1. The Morgan fingerprint density at radius 2 is 1.60 bits per heavy atom. The van der Waals surface area contributed by atoms with Gasteiger partial charge in [0.15, 0.2) is 0 Å². The van der Waals surface area contributed by atoms with Crippen LogP contribution in [-0.2, 0) is 0 Å². The molecule has 1 heterocycles. The van der Waals surface area contributed by atoms with Gasteiger partial charge in [-0.25, -0.2) is 5.01 Å². The highest BCUT2D eigenvalue weighted by Crippen LogP contribution is 2.32. The van der Waals surface area contributed by atoms with Gasteiger partial charge >= 0.3 is 0 Å². The van der Waals surface area contributed by atoms with Gasteiger partial charge in [-0.05, 0) is 25.7 Å². The van der Waals surface area contributed by atoms with Gasteiger partial charge in [0.2, 0.25) is 0 Å². The van der Waals surface area contributed by atoms with Gasteiger partial charge in [0.05, 0.1) is 0 Å². The number of fused-ring (bicyclic) bond motifs is 1. The second-order valence-electron chi connectivity index (χ2n) is 3.21. The first-order valence-corrected chi connectivity index (χ1v) is 4.07. The fourth-order valence-corrected chi connectivity index (χ4v) is 1.81. The molecule has 2 N–H and O–H groups in total. The molecule has 0 saturated carbocycles. The van der Waals surface area contributed by atoms with Gasteiger partial charge in [-0.3, -0.25) is 5.84 Å². The van der Waals surface area contributed by atoms with E-state index in [2.05, 4.69) is 12.2 Å². The van der Waals surface area contributed by atoms with Crippen LogP contribution in [-0.4, -0.2) is 17.1 Å². The SMILES string of the molecule is NN1C2CC/C=C\CCC21. The lowest BCUT2D eigenvalue weighted by atomic mass is 10.1. The lowest BCUT2D eigenvalue weighted by Crippen LogP contribution is -2.10. The monoisotopic (exact) mass is 138 g/mol. The molecule has 1 aliphatic carbocycles. The summed E-state index contributed by atoms with van der Waals surface area (Å²) < 4.78 is 0. The second-order valence-corrected chi connectivity index (χ2v) is 3.21. The van der Waals surface area contributed by atoms with Gasteiger partial charge in [0, 0.05) is 12.1 Å². The molecule has 0 aromatic carbocycles. The molecule has 0 amide bonds. The van der Waals surface area contributed by atoms with Gasteiger partial charge in [-0.2, -0.15) is 0 Å². The predicted octanol–water partition coefficient (Wildman–Crippen LogP) is 1.04. The maximum atomic E-state index is 5.72. The molecule has 2 rings (SSSR count). The van der Waals surface area contributed by atoms with E-state index in [4.69, 9.17) is 5.84 Å². The van der Waals surface area contributed by atoms with E-state index in [1.54, 1.807) is 0 Å². The molecule has 56 valence electrons. The molecule has 2 heteroatoms. The predicted molar refractivity (Wildman–Crippen MR) is 41.2 cm³/mol. The molecule has 2 nitrogen and oxygen atoms in total. The summed E-state index contributed by atoms with van der Waals surface area (Å²) in [7, 11) is 0. The molecule has 0 aromatic rings. The minimum atomic E-state index is 0.713. The Morgan fingerprint density at radius 3 is 2.10 bits per heavy atom. The zero-order valence-corrected chi connectivity index (χ0v) is 6.16. The van der Waals surface area contributed by atoms with Gasteiger partial charge < -0.3 is 0 Å². The first-order chi connectivity index (χ1) is 4.89. The van der Waals surface area contributed by atoms with Crippen LogP contribution in [0.1, 0.15) is 25.7 Å². The van der Waals surface area contributed by atoms with E-state index < -0.39 is 0 Å². The van der Waals surface area contributed by atoms with E-state index in [1.807, 2.05) is 5.01 Å². The quantitative estimate of drug-likeness (QED) is 0.308. The Balaban J connectivity index is 1.94. The van der Waals surface area contributed by atoms with Crippen LogP contribution >= 0.6 is 0 Å². The summed E-state index contributed by atoms with van der Waals surface area (Å²) in [5, 5.41) is 2.01. The van der Waals surface area contributed by atoms with Crippen LogP contribution in [0, 0.1) is 0 Å². The van der Waals surface area contributed by atoms with Crippen molar-refractivity contribution >= 4 is 0 Å². The number of allylic oxidation sites excluding steroid dienone is 2. The van der Waals surface area contributed by atoms with Crippen LogP contribution in [0.4, 0.5) is 0 Å². The zero-order valence-electron chi connectivity index (χ0n) is 6.16. The lowest BCUT2D eigenvalue weighted by Gasteiger charge is -1.96. The van der Waals surface area contributed by atoms with Gasteiger partial charge in [0.25, 0.3) is 0 Å². The van der Waals surface area contributed by atoms with Gasteiger partial charge in [-0.1, -0.05) is 12.2 Å². The van der Waals surface area contributed by atoms with Crippen LogP contribution < -0.4 is 5.84 Å². The smallest absolute Gasteiger partial charge is 0.0417 e. The van der Waals surface area contributed by atoms with Crippen molar-refractivity contribution in [3.05, 3.63) is 12.2 Å². The molecule has 2 unspecified atom stereocenters. The van der Waals surface area contributed by atoms with Crippen molar-refractivity contribution < 1.29 is 0 Å². The molecular weight excluding hydrogens is 124 g/mol. The highest BCUT2D eigenvalue weighted by atomic mass is 15.6. The Bertz CT molecular complexity index is 137. The molecule has 1 fully saturated rings. The normalized spacial score (nSPS) is 48.7. The summed E-state index contributed by atoms with van der Waals surface area (Å²) in [6.07, 6.45) is 9.52. The van der Waals surface area contributed by atoms with Crippen molar-refractivity contribution in [2.24, 2.45) is 5.84 Å². The van der Waals surface area contributed by atoms with Crippen molar-refractivity contribution in [3.8, 4) is 0 Å². The van der Waals surface area contributed by atoms with E-state index in [1.165, 1.54) is 25.7 Å². The highest BCUT2D eigenvalue weighted by Gasteiger charge is 2.43. The van der Waals surface area contributed by atoms with Gasteiger partial charge in [0.1, 0.15) is 0 Å². The maximum absolute atomic E-state index is 5.72. The largest absolute Gasteiger partial charge is 0.268 e. The summed E-state index contributed by atoms with van der Waals surface area (Å²) >= 11 is 0. The van der Waals surface area contributed by atoms with Crippen molar-refractivity contribution in [3.63, 3.8) is 0 Å². The first-order valence-electron chi connectivity index (χ1n) is 4.07. The molecule has 1 aliphatic heterocycles. The van der Waals surface area contributed by atoms with Crippen LogP contribution in [0.2, 0.25) is 0 Å². The fourth-order valence-electron chi connectivity index (χ4n) is 1.81. The molecule has 1 saturated heterocycles. The molecule has 2 atom stereocenters. The zero-order chi connectivity index (χ0) is 6.97. The average molecular weight is 138 g/mol. The molecule has 0 bridgehead atoms. The topological polar surface area (TPSA) is 29.0 Å². The third kappa shape index (κ3) is 0.976. The lowest BCUT2D eigenvalue weighted by molar-refractivity contribution is 0.490. The molecular formula is C8H14N2. The van der Waals surface area contributed by atoms with E-state index in [0.29, 0.717) is 12.1 Å². The van der Waals surface area contributed by atoms with Crippen LogP contribution in [0.3, 0.4) is 0 Å². The number of hydrogen-bond donors (Lipinski definition) is 1. The molecule has 2 aliphatic rings. The van der Waals surface area contributed by atoms with Crippen molar-refractivity contribution in [1.82, 2.24) is 5.01 Å². The minimum Gasteiger partial charge on any atom is -0.268 e.